The summed E-state index contributed by atoms with van der Waals surface area (Å²) in [4.78, 5) is 25.1. The van der Waals surface area contributed by atoms with Gasteiger partial charge in [-0.1, -0.05) is 30.3 Å². The fourth-order valence-corrected chi connectivity index (χ4v) is 2.44. The molecule has 0 saturated carbocycles. The van der Waals surface area contributed by atoms with Crippen LogP contribution in [0.25, 0.3) is 0 Å². The molecule has 2 aromatic carbocycles. The second kappa shape index (κ2) is 5.89. The Hall–Kier alpha value is -2.82. The molecule has 5 heteroatoms. The molecule has 0 spiro atoms. The van der Waals surface area contributed by atoms with Crippen molar-refractivity contribution in [3.05, 3.63) is 59.7 Å². The minimum Gasteiger partial charge on any atom is -0.491 e. The number of carboxylic acid groups (broad SMARTS) is 1. The summed E-state index contributed by atoms with van der Waals surface area (Å²) in [7, 11) is 0. The molecule has 0 bridgehead atoms. The van der Waals surface area contributed by atoms with E-state index in [-0.39, 0.29) is 17.9 Å². The van der Waals surface area contributed by atoms with Crippen LogP contribution in [0, 0.1) is 0 Å². The van der Waals surface area contributed by atoms with Gasteiger partial charge >= 0.3 is 5.97 Å². The van der Waals surface area contributed by atoms with Gasteiger partial charge in [-0.3, -0.25) is 4.79 Å². The fourth-order valence-electron chi connectivity index (χ4n) is 2.44. The number of amides is 1. The Labute approximate surface area is 127 Å². The van der Waals surface area contributed by atoms with Gasteiger partial charge in [-0.05, 0) is 23.8 Å². The largest absolute Gasteiger partial charge is 0.491 e. The molecule has 0 aliphatic carbocycles. The quantitative estimate of drug-likeness (QED) is 0.946. The second-order valence-corrected chi connectivity index (χ2v) is 5.05. The standard InChI is InChI=1S/C17H15NO4/c19-16-8-9-22-15-7-6-13(17(20)21)10-14(15)18(16)11-12-4-2-1-3-5-12/h1-7,10H,8-9,11H2,(H,20,21). The second-order valence-electron chi connectivity index (χ2n) is 5.05. The van der Waals surface area contributed by atoms with E-state index in [1.54, 1.807) is 11.0 Å². The average Bonchev–Trinajstić information content (AvgIpc) is 2.68. The highest BCUT2D eigenvalue weighted by Crippen LogP contribution is 2.33. The van der Waals surface area contributed by atoms with Crippen LogP contribution < -0.4 is 9.64 Å². The molecule has 1 aliphatic heterocycles. The summed E-state index contributed by atoms with van der Waals surface area (Å²) in [6.45, 7) is 0.683. The van der Waals surface area contributed by atoms with E-state index in [2.05, 4.69) is 0 Å². The fraction of sp³-hybridized carbons (Fsp3) is 0.176. The normalized spacial score (nSPS) is 14.0. The molecular formula is C17H15NO4. The third-order valence-corrected chi connectivity index (χ3v) is 3.55. The van der Waals surface area contributed by atoms with Crippen LogP contribution in [0.2, 0.25) is 0 Å². The van der Waals surface area contributed by atoms with Crippen LogP contribution in [-0.4, -0.2) is 23.6 Å². The number of rotatable bonds is 3. The van der Waals surface area contributed by atoms with Gasteiger partial charge in [0, 0.05) is 0 Å². The summed E-state index contributed by atoms with van der Waals surface area (Å²) in [5, 5.41) is 9.15. The Balaban J connectivity index is 2.02. The van der Waals surface area contributed by atoms with E-state index in [1.165, 1.54) is 12.1 Å². The highest BCUT2D eigenvalue weighted by molar-refractivity contribution is 5.98. The first-order chi connectivity index (χ1) is 10.6. The molecule has 1 heterocycles. The van der Waals surface area contributed by atoms with Crippen LogP contribution in [0.5, 0.6) is 5.75 Å². The number of carboxylic acids is 1. The lowest BCUT2D eigenvalue weighted by Gasteiger charge is -2.22. The van der Waals surface area contributed by atoms with Crippen LogP contribution >= 0.6 is 0 Å². The van der Waals surface area contributed by atoms with Gasteiger partial charge in [0.15, 0.2) is 0 Å². The summed E-state index contributed by atoms with van der Waals surface area (Å²) in [6, 6.07) is 14.2. The van der Waals surface area contributed by atoms with Crippen molar-refractivity contribution in [3.8, 4) is 5.75 Å². The van der Waals surface area contributed by atoms with Crippen molar-refractivity contribution in [1.82, 2.24) is 0 Å². The summed E-state index contributed by atoms with van der Waals surface area (Å²) in [5.41, 5.74) is 1.62. The van der Waals surface area contributed by atoms with Crippen LogP contribution in [0.3, 0.4) is 0 Å². The summed E-state index contributed by atoms with van der Waals surface area (Å²) < 4.78 is 5.57. The summed E-state index contributed by atoms with van der Waals surface area (Å²) >= 11 is 0. The minimum absolute atomic E-state index is 0.0786. The van der Waals surface area contributed by atoms with Gasteiger partial charge < -0.3 is 14.7 Å². The number of anilines is 1. The molecular weight excluding hydrogens is 282 g/mol. The van der Waals surface area contributed by atoms with Crippen LogP contribution in [0.4, 0.5) is 5.69 Å². The number of hydrogen-bond acceptors (Lipinski definition) is 3. The van der Waals surface area contributed by atoms with E-state index in [1.807, 2.05) is 30.3 Å². The van der Waals surface area contributed by atoms with E-state index < -0.39 is 5.97 Å². The molecule has 1 N–H and O–H groups in total. The lowest BCUT2D eigenvalue weighted by Crippen LogP contribution is -2.29. The predicted octanol–water partition coefficient (Wildman–Crippen LogP) is 2.70. The van der Waals surface area contributed by atoms with Gasteiger partial charge in [-0.25, -0.2) is 4.79 Å². The van der Waals surface area contributed by atoms with Gasteiger partial charge in [0.1, 0.15) is 5.75 Å². The molecule has 0 atom stereocenters. The first-order valence-corrected chi connectivity index (χ1v) is 6.99. The van der Waals surface area contributed by atoms with Crippen LogP contribution in [0.1, 0.15) is 22.3 Å². The number of aromatic carboxylic acids is 1. The van der Waals surface area contributed by atoms with Crippen molar-refractivity contribution in [2.24, 2.45) is 0 Å². The molecule has 0 saturated heterocycles. The van der Waals surface area contributed by atoms with E-state index in [0.717, 1.165) is 5.56 Å². The van der Waals surface area contributed by atoms with Crippen molar-refractivity contribution in [1.29, 1.82) is 0 Å². The van der Waals surface area contributed by atoms with Crippen LogP contribution in [0.15, 0.2) is 48.5 Å². The van der Waals surface area contributed by atoms with Gasteiger partial charge in [-0.2, -0.15) is 0 Å². The Morgan fingerprint density at radius 3 is 2.68 bits per heavy atom. The zero-order chi connectivity index (χ0) is 15.5. The Morgan fingerprint density at radius 1 is 1.18 bits per heavy atom. The molecule has 1 aliphatic rings. The molecule has 3 rings (SSSR count). The van der Waals surface area contributed by atoms with Crippen molar-refractivity contribution in [2.45, 2.75) is 13.0 Å². The monoisotopic (exact) mass is 297 g/mol. The first kappa shape index (κ1) is 14.1. The third-order valence-electron chi connectivity index (χ3n) is 3.55. The van der Waals surface area contributed by atoms with Gasteiger partial charge in [-0.15, -0.1) is 0 Å². The topological polar surface area (TPSA) is 66.8 Å². The number of hydrogen-bond donors (Lipinski definition) is 1. The summed E-state index contributed by atoms with van der Waals surface area (Å²) in [6.07, 6.45) is 0.268. The molecule has 0 unspecified atom stereocenters. The predicted molar refractivity (Wildman–Crippen MR) is 81.1 cm³/mol. The van der Waals surface area contributed by atoms with Crippen molar-refractivity contribution >= 4 is 17.6 Å². The van der Waals surface area contributed by atoms with E-state index in [9.17, 15) is 9.59 Å². The molecule has 2 aromatic rings. The average molecular weight is 297 g/mol. The zero-order valence-corrected chi connectivity index (χ0v) is 11.9. The number of nitrogens with zero attached hydrogens (tertiary/aromatic N) is 1. The number of ether oxygens (including phenoxy) is 1. The number of carbonyl (C=O) groups is 2. The molecule has 5 nitrogen and oxygen atoms in total. The maximum absolute atomic E-state index is 12.4. The maximum Gasteiger partial charge on any atom is 0.335 e. The van der Waals surface area contributed by atoms with Gasteiger partial charge in [0.25, 0.3) is 0 Å². The minimum atomic E-state index is -1.03. The first-order valence-electron chi connectivity index (χ1n) is 6.99. The molecule has 1 amide bonds. The van der Waals surface area contributed by atoms with Crippen molar-refractivity contribution in [2.75, 3.05) is 11.5 Å². The van der Waals surface area contributed by atoms with Crippen molar-refractivity contribution < 1.29 is 19.4 Å². The summed E-state index contributed by atoms with van der Waals surface area (Å²) in [5.74, 6) is -0.573. The smallest absolute Gasteiger partial charge is 0.335 e. The van der Waals surface area contributed by atoms with E-state index in [4.69, 9.17) is 9.84 Å². The van der Waals surface area contributed by atoms with E-state index in [0.29, 0.717) is 24.6 Å². The highest BCUT2D eigenvalue weighted by atomic mass is 16.5. The Bertz CT molecular complexity index is 712. The zero-order valence-electron chi connectivity index (χ0n) is 11.9. The van der Waals surface area contributed by atoms with Crippen LogP contribution in [-0.2, 0) is 11.3 Å². The number of benzene rings is 2. The lowest BCUT2D eigenvalue weighted by atomic mass is 10.1. The number of fused-ring (bicyclic) bond motifs is 1. The molecule has 0 radical (unpaired) electrons. The number of carbonyl (C=O) groups excluding carboxylic acids is 1. The Morgan fingerprint density at radius 2 is 1.95 bits per heavy atom. The molecule has 22 heavy (non-hydrogen) atoms. The van der Waals surface area contributed by atoms with Gasteiger partial charge in [0.05, 0.1) is 30.8 Å². The molecule has 0 fully saturated rings. The SMILES string of the molecule is O=C(O)c1ccc2c(c1)N(Cc1ccccc1)C(=O)CCO2. The third kappa shape index (κ3) is 2.79. The van der Waals surface area contributed by atoms with Gasteiger partial charge in [0.2, 0.25) is 5.91 Å². The molecule has 112 valence electrons. The Kier molecular flexibility index (Phi) is 3.78. The highest BCUT2D eigenvalue weighted by Gasteiger charge is 2.24. The molecule has 0 aromatic heterocycles. The van der Waals surface area contributed by atoms with E-state index >= 15 is 0 Å². The van der Waals surface area contributed by atoms with Crippen molar-refractivity contribution in [3.63, 3.8) is 0 Å². The lowest BCUT2D eigenvalue weighted by molar-refractivity contribution is -0.118. The maximum atomic E-state index is 12.4.